The highest BCUT2D eigenvalue weighted by molar-refractivity contribution is 5.66. The van der Waals surface area contributed by atoms with Gasteiger partial charge < -0.3 is 14.6 Å². The lowest BCUT2D eigenvalue weighted by Crippen LogP contribution is -2.54. The first-order valence-electron chi connectivity index (χ1n) is 10.3. The van der Waals surface area contributed by atoms with E-state index < -0.39 is 5.60 Å². The maximum Gasteiger partial charge on any atom is 0.302 e. The molecule has 0 aromatic carbocycles. The molecule has 0 amide bonds. The lowest BCUT2D eigenvalue weighted by atomic mass is 9.59. The van der Waals surface area contributed by atoms with Crippen LogP contribution in [-0.2, 0) is 14.3 Å². The minimum Gasteiger partial charge on any atom is -0.462 e. The van der Waals surface area contributed by atoms with Crippen LogP contribution in [-0.4, -0.2) is 34.5 Å². The van der Waals surface area contributed by atoms with Gasteiger partial charge in [0.05, 0.1) is 17.3 Å². The summed E-state index contributed by atoms with van der Waals surface area (Å²) < 4.78 is 11.9. The van der Waals surface area contributed by atoms with E-state index in [9.17, 15) is 9.90 Å². The molecule has 0 spiro atoms. The molecule has 7 atom stereocenters. The molecular formula is C22H36O4. The first-order chi connectivity index (χ1) is 12.0. The van der Waals surface area contributed by atoms with Gasteiger partial charge in [-0.3, -0.25) is 4.79 Å². The molecule has 26 heavy (non-hydrogen) atoms. The van der Waals surface area contributed by atoms with Gasteiger partial charge in [0.1, 0.15) is 6.10 Å². The molecule has 0 aromatic heterocycles. The Morgan fingerprint density at radius 1 is 1.35 bits per heavy atom. The summed E-state index contributed by atoms with van der Waals surface area (Å²) in [4.78, 5) is 11.9. The molecular weight excluding hydrogens is 328 g/mol. The number of carbonyl (C=O) groups excluding carboxylic acids is 1. The van der Waals surface area contributed by atoms with Gasteiger partial charge in [-0.15, -0.1) is 0 Å². The van der Waals surface area contributed by atoms with Gasteiger partial charge >= 0.3 is 5.97 Å². The first kappa shape index (κ1) is 19.9. The molecule has 1 heterocycles. The van der Waals surface area contributed by atoms with Gasteiger partial charge in [-0.1, -0.05) is 25.5 Å². The minimum atomic E-state index is -0.840. The largest absolute Gasteiger partial charge is 0.462 e. The second-order valence-corrected chi connectivity index (χ2v) is 9.73. The maximum atomic E-state index is 11.9. The molecule has 0 aromatic rings. The van der Waals surface area contributed by atoms with Crippen molar-refractivity contribution in [3.05, 3.63) is 11.6 Å². The Kier molecular flexibility index (Phi) is 5.31. The highest BCUT2D eigenvalue weighted by Crippen LogP contribution is 2.52. The Hall–Kier alpha value is -0.870. The van der Waals surface area contributed by atoms with Crippen molar-refractivity contribution in [1.82, 2.24) is 0 Å². The molecule has 1 N–H and O–H groups in total. The predicted molar refractivity (Wildman–Crippen MR) is 102 cm³/mol. The number of epoxide rings is 1. The van der Waals surface area contributed by atoms with Gasteiger partial charge in [-0.05, 0) is 64.2 Å². The Balaban J connectivity index is 2.05. The molecule has 0 radical (unpaired) electrons. The van der Waals surface area contributed by atoms with Gasteiger partial charge in [0.2, 0.25) is 0 Å². The summed E-state index contributed by atoms with van der Waals surface area (Å²) in [7, 11) is 0. The number of fused-ring (bicyclic) bond motifs is 2. The summed E-state index contributed by atoms with van der Waals surface area (Å²) in [6.45, 7) is 12.3. The third-order valence-electron chi connectivity index (χ3n) is 7.10. The second kappa shape index (κ2) is 6.94. The molecule has 1 saturated carbocycles. The second-order valence-electron chi connectivity index (χ2n) is 9.73. The zero-order chi connectivity index (χ0) is 19.3. The van der Waals surface area contributed by atoms with E-state index in [0.29, 0.717) is 18.3 Å². The van der Waals surface area contributed by atoms with Gasteiger partial charge in [0, 0.05) is 19.3 Å². The monoisotopic (exact) mass is 364 g/mol. The Labute approximate surface area is 158 Å². The molecule has 1 saturated heterocycles. The summed E-state index contributed by atoms with van der Waals surface area (Å²) in [5, 5.41) is 11.3. The normalized spacial score (nSPS) is 46.0. The van der Waals surface area contributed by atoms with E-state index in [0.717, 1.165) is 25.7 Å². The van der Waals surface area contributed by atoms with Crippen LogP contribution < -0.4 is 0 Å². The first-order valence-corrected chi connectivity index (χ1v) is 10.3. The van der Waals surface area contributed by atoms with Gasteiger partial charge in [0.25, 0.3) is 0 Å². The van der Waals surface area contributed by atoms with Crippen LogP contribution in [0.25, 0.3) is 0 Å². The molecule has 7 unspecified atom stereocenters. The fourth-order valence-electron chi connectivity index (χ4n) is 5.61. The SMILES string of the molecule is CC(=O)OC1CC2(C)OC2CCC(C)=CC2C(C(C)C)CCC(C)(O)C12. The topological polar surface area (TPSA) is 59.1 Å². The van der Waals surface area contributed by atoms with Crippen LogP contribution in [0.5, 0.6) is 0 Å². The molecule has 4 heteroatoms. The molecule has 3 rings (SSSR count). The minimum absolute atomic E-state index is 0.0951. The zero-order valence-electron chi connectivity index (χ0n) is 17.2. The lowest BCUT2D eigenvalue weighted by Gasteiger charge is -2.50. The number of hydrogen-bond donors (Lipinski definition) is 1. The molecule has 2 aliphatic carbocycles. The number of rotatable bonds is 2. The number of carbonyl (C=O) groups is 1. The third-order valence-corrected chi connectivity index (χ3v) is 7.10. The summed E-state index contributed by atoms with van der Waals surface area (Å²) in [6.07, 6.45) is 6.79. The molecule has 3 aliphatic rings. The van der Waals surface area contributed by atoms with Crippen LogP contribution in [0, 0.1) is 23.7 Å². The predicted octanol–water partition coefficient (Wildman–Crippen LogP) is 4.26. The molecule has 148 valence electrons. The molecule has 2 fully saturated rings. The van der Waals surface area contributed by atoms with Crippen molar-refractivity contribution in [1.29, 1.82) is 0 Å². The van der Waals surface area contributed by atoms with Crippen LogP contribution in [0.3, 0.4) is 0 Å². The van der Waals surface area contributed by atoms with Crippen molar-refractivity contribution in [3.8, 4) is 0 Å². The zero-order valence-corrected chi connectivity index (χ0v) is 17.2. The number of aliphatic hydroxyl groups is 1. The number of esters is 1. The van der Waals surface area contributed by atoms with Crippen LogP contribution >= 0.6 is 0 Å². The van der Waals surface area contributed by atoms with Crippen LogP contribution in [0.2, 0.25) is 0 Å². The summed E-state index contributed by atoms with van der Waals surface area (Å²) in [5.41, 5.74) is 0.292. The van der Waals surface area contributed by atoms with Crippen LogP contribution in [0.1, 0.15) is 73.6 Å². The fourth-order valence-corrected chi connectivity index (χ4v) is 5.61. The van der Waals surface area contributed by atoms with Gasteiger partial charge in [-0.25, -0.2) is 0 Å². The van der Waals surface area contributed by atoms with E-state index >= 15 is 0 Å². The van der Waals surface area contributed by atoms with Gasteiger partial charge in [-0.2, -0.15) is 0 Å². The van der Waals surface area contributed by atoms with Crippen molar-refractivity contribution in [2.24, 2.45) is 23.7 Å². The van der Waals surface area contributed by atoms with Crippen LogP contribution in [0.4, 0.5) is 0 Å². The smallest absolute Gasteiger partial charge is 0.302 e. The van der Waals surface area contributed by atoms with E-state index in [1.165, 1.54) is 12.5 Å². The third kappa shape index (κ3) is 3.87. The number of allylic oxidation sites excluding steroid dienone is 2. The van der Waals surface area contributed by atoms with E-state index in [-0.39, 0.29) is 35.6 Å². The Bertz CT molecular complexity index is 579. The van der Waals surface area contributed by atoms with E-state index in [1.54, 1.807) is 0 Å². The Morgan fingerprint density at radius 2 is 2.04 bits per heavy atom. The quantitative estimate of drug-likeness (QED) is 0.452. The van der Waals surface area contributed by atoms with E-state index in [4.69, 9.17) is 9.47 Å². The Morgan fingerprint density at radius 3 is 2.65 bits per heavy atom. The molecule has 1 aliphatic heterocycles. The van der Waals surface area contributed by atoms with Crippen molar-refractivity contribution in [2.75, 3.05) is 0 Å². The standard InChI is InChI=1S/C22H36O4/c1-13(2)16-9-10-21(5,24)20-17(16)11-14(3)7-8-19-22(6,26-19)12-18(20)25-15(4)23/h11,13,16-20,24H,7-10,12H2,1-6H3. The van der Waals surface area contributed by atoms with Gasteiger partial charge in [0.15, 0.2) is 0 Å². The molecule has 0 bridgehead atoms. The summed E-state index contributed by atoms with van der Waals surface area (Å²) in [6, 6.07) is 0. The number of ether oxygens (including phenoxy) is 2. The molecule has 4 nitrogen and oxygen atoms in total. The van der Waals surface area contributed by atoms with E-state index in [1.807, 2.05) is 6.92 Å². The average molecular weight is 365 g/mol. The summed E-state index contributed by atoms with van der Waals surface area (Å²) in [5.74, 6) is 0.888. The van der Waals surface area contributed by atoms with Crippen LogP contribution in [0.15, 0.2) is 11.6 Å². The lowest BCUT2D eigenvalue weighted by molar-refractivity contribution is -0.169. The van der Waals surface area contributed by atoms with Crippen molar-refractivity contribution < 1.29 is 19.4 Å². The highest BCUT2D eigenvalue weighted by atomic mass is 16.6. The average Bonchev–Trinajstić information content (AvgIpc) is 3.12. The fraction of sp³-hybridized carbons (Fsp3) is 0.864. The van der Waals surface area contributed by atoms with Crippen molar-refractivity contribution in [2.45, 2.75) is 97.1 Å². The maximum absolute atomic E-state index is 11.9. The van der Waals surface area contributed by atoms with Crippen molar-refractivity contribution >= 4 is 5.97 Å². The number of hydrogen-bond acceptors (Lipinski definition) is 4. The van der Waals surface area contributed by atoms with E-state index in [2.05, 4.69) is 33.8 Å². The van der Waals surface area contributed by atoms with Crippen molar-refractivity contribution in [3.63, 3.8) is 0 Å². The summed E-state index contributed by atoms with van der Waals surface area (Å²) >= 11 is 0. The highest BCUT2D eigenvalue weighted by Gasteiger charge is 2.58.